The van der Waals surface area contributed by atoms with E-state index in [9.17, 15) is 4.57 Å². The molecule has 122 valence electrons. The Balaban J connectivity index is 4.83. The molecule has 2 atom stereocenters. The van der Waals surface area contributed by atoms with Gasteiger partial charge in [0.1, 0.15) is 0 Å². The van der Waals surface area contributed by atoms with E-state index < -0.39 is 7.82 Å². The average Bonchev–Trinajstić information content (AvgIpc) is 2.36. The molecule has 0 amide bonds. The first kappa shape index (κ1) is 20.1. The van der Waals surface area contributed by atoms with Gasteiger partial charge in [-0.3, -0.25) is 13.6 Å². The van der Waals surface area contributed by atoms with Crippen molar-refractivity contribution in [3.63, 3.8) is 0 Å². The van der Waals surface area contributed by atoms with Crippen LogP contribution in [0.4, 0.5) is 0 Å². The van der Waals surface area contributed by atoms with E-state index in [0.29, 0.717) is 0 Å². The van der Waals surface area contributed by atoms with E-state index in [0.717, 1.165) is 38.5 Å². The monoisotopic (exact) mass is 308 g/mol. The van der Waals surface area contributed by atoms with Gasteiger partial charge in [-0.2, -0.15) is 0 Å². The first-order valence-corrected chi connectivity index (χ1v) is 9.51. The molecule has 2 unspecified atom stereocenters. The molecule has 0 fully saturated rings. The SMILES string of the molecule is CCCC(CC)OP(=O)(OC(C)C)OC(CC)CCC. The van der Waals surface area contributed by atoms with Crippen molar-refractivity contribution < 1.29 is 18.1 Å². The van der Waals surface area contributed by atoms with Gasteiger partial charge in [0.25, 0.3) is 0 Å². The van der Waals surface area contributed by atoms with Gasteiger partial charge in [-0.1, -0.05) is 40.5 Å². The van der Waals surface area contributed by atoms with E-state index in [1.165, 1.54) is 0 Å². The lowest BCUT2D eigenvalue weighted by Crippen LogP contribution is -2.18. The lowest BCUT2D eigenvalue weighted by Gasteiger charge is -2.27. The minimum Gasteiger partial charge on any atom is -0.284 e. The molecule has 0 aromatic carbocycles. The molecule has 0 rings (SSSR count). The molecule has 0 N–H and O–H groups in total. The van der Waals surface area contributed by atoms with Gasteiger partial charge in [-0.25, -0.2) is 4.57 Å². The van der Waals surface area contributed by atoms with Crippen LogP contribution >= 0.6 is 7.82 Å². The highest BCUT2D eigenvalue weighted by molar-refractivity contribution is 7.48. The molecule has 20 heavy (non-hydrogen) atoms. The Morgan fingerprint density at radius 3 is 1.45 bits per heavy atom. The largest absolute Gasteiger partial charge is 0.475 e. The predicted octanol–water partition coefficient (Wildman–Crippen LogP) is 5.71. The van der Waals surface area contributed by atoms with Gasteiger partial charge < -0.3 is 0 Å². The molecule has 4 nitrogen and oxygen atoms in total. The fraction of sp³-hybridized carbons (Fsp3) is 1.00. The van der Waals surface area contributed by atoms with Crippen molar-refractivity contribution in [2.24, 2.45) is 0 Å². The van der Waals surface area contributed by atoms with Gasteiger partial charge in [-0.05, 0) is 39.5 Å². The third-order valence-electron chi connectivity index (χ3n) is 3.03. The van der Waals surface area contributed by atoms with Crippen molar-refractivity contribution in [2.45, 2.75) is 98.4 Å². The summed E-state index contributed by atoms with van der Waals surface area (Å²) in [6.45, 7) is 11.9. The molecule has 0 aliphatic carbocycles. The molecule has 0 heterocycles. The van der Waals surface area contributed by atoms with Crippen LogP contribution in [0.5, 0.6) is 0 Å². The molecule has 0 saturated carbocycles. The summed E-state index contributed by atoms with van der Waals surface area (Å²) in [4.78, 5) is 0. The summed E-state index contributed by atoms with van der Waals surface area (Å²) in [6.07, 6.45) is 5.04. The smallest absolute Gasteiger partial charge is 0.284 e. The molecule has 0 aromatic heterocycles. The van der Waals surface area contributed by atoms with Crippen LogP contribution in [0.15, 0.2) is 0 Å². The minimum atomic E-state index is -3.48. The Hall–Kier alpha value is 0.110. The summed E-state index contributed by atoms with van der Waals surface area (Å²) in [5, 5.41) is 0. The van der Waals surface area contributed by atoms with Gasteiger partial charge >= 0.3 is 7.82 Å². The Bertz CT molecular complexity index is 261. The van der Waals surface area contributed by atoms with Crippen molar-refractivity contribution >= 4 is 7.82 Å². The van der Waals surface area contributed by atoms with Gasteiger partial charge in [0.05, 0.1) is 18.3 Å². The predicted molar refractivity (Wildman–Crippen MR) is 84.0 cm³/mol. The van der Waals surface area contributed by atoms with Crippen LogP contribution in [-0.4, -0.2) is 18.3 Å². The maximum atomic E-state index is 12.8. The maximum Gasteiger partial charge on any atom is 0.475 e. The van der Waals surface area contributed by atoms with E-state index in [1.54, 1.807) is 0 Å². The van der Waals surface area contributed by atoms with Gasteiger partial charge in [-0.15, -0.1) is 0 Å². The van der Waals surface area contributed by atoms with E-state index in [2.05, 4.69) is 13.8 Å². The summed E-state index contributed by atoms with van der Waals surface area (Å²) in [6, 6.07) is 0. The van der Waals surface area contributed by atoms with Crippen molar-refractivity contribution in [2.75, 3.05) is 0 Å². The van der Waals surface area contributed by atoms with Crippen LogP contribution in [0.25, 0.3) is 0 Å². The summed E-state index contributed by atoms with van der Waals surface area (Å²) >= 11 is 0. The summed E-state index contributed by atoms with van der Waals surface area (Å²) in [5.74, 6) is 0. The van der Waals surface area contributed by atoms with Crippen molar-refractivity contribution in [1.29, 1.82) is 0 Å². The molecule has 0 bridgehead atoms. The molecule has 0 spiro atoms. The third-order valence-corrected chi connectivity index (χ3v) is 4.82. The molecular formula is C15H33O4P. The third kappa shape index (κ3) is 8.41. The zero-order chi connectivity index (χ0) is 15.6. The summed E-state index contributed by atoms with van der Waals surface area (Å²) in [5.41, 5.74) is 0. The van der Waals surface area contributed by atoms with Crippen LogP contribution in [0, 0.1) is 0 Å². The standard InChI is InChI=1S/C15H33O4P/c1-7-11-14(9-3)18-20(16,17-13(5)6)19-15(10-4)12-8-2/h13-15H,7-12H2,1-6H3. The molecular weight excluding hydrogens is 275 g/mol. The van der Waals surface area contributed by atoms with Crippen molar-refractivity contribution in [3.8, 4) is 0 Å². The highest BCUT2D eigenvalue weighted by Crippen LogP contribution is 2.54. The second-order valence-corrected chi connectivity index (χ2v) is 6.98. The number of phosphoric acid groups is 1. The van der Waals surface area contributed by atoms with Gasteiger partial charge in [0.15, 0.2) is 0 Å². The van der Waals surface area contributed by atoms with Gasteiger partial charge in [0, 0.05) is 0 Å². The number of rotatable bonds is 12. The first-order chi connectivity index (χ1) is 9.40. The first-order valence-electron chi connectivity index (χ1n) is 8.05. The van der Waals surface area contributed by atoms with E-state index in [1.807, 2.05) is 27.7 Å². The fourth-order valence-electron chi connectivity index (χ4n) is 2.00. The van der Waals surface area contributed by atoms with Crippen molar-refractivity contribution in [3.05, 3.63) is 0 Å². The Labute approximate surface area is 125 Å². The molecule has 0 aliphatic heterocycles. The number of phosphoric ester groups is 1. The lowest BCUT2D eigenvalue weighted by atomic mass is 10.2. The Kier molecular flexibility index (Phi) is 10.8. The Morgan fingerprint density at radius 2 is 1.20 bits per heavy atom. The minimum absolute atomic E-state index is 0.0660. The van der Waals surface area contributed by atoms with Crippen LogP contribution in [0.2, 0.25) is 0 Å². The van der Waals surface area contributed by atoms with Crippen LogP contribution in [0.3, 0.4) is 0 Å². The normalized spacial score (nSPS) is 17.9. The van der Waals surface area contributed by atoms with Crippen molar-refractivity contribution in [1.82, 2.24) is 0 Å². The Morgan fingerprint density at radius 1 is 0.800 bits per heavy atom. The molecule has 0 aliphatic rings. The fourth-order valence-corrected chi connectivity index (χ4v) is 3.91. The highest BCUT2D eigenvalue weighted by Gasteiger charge is 2.33. The van der Waals surface area contributed by atoms with Crippen LogP contribution < -0.4 is 0 Å². The number of hydrogen-bond acceptors (Lipinski definition) is 4. The zero-order valence-corrected chi connectivity index (χ0v) is 14.9. The van der Waals surface area contributed by atoms with E-state index in [-0.39, 0.29) is 18.3 Å². The average molecular weight is 308 g/mol. The van der Waals surface area contributed by atoms with Crippen LogP contribution in [-0.2, 0) is 18.1 Å². The lowest BCUT2D eigenvalue weighted by molar-refractivity contribution is 0.0316. The topological polar surface area (TPSA) is 44.8 Å². The van der Waals surface area contributed by atoms with E-state index in [4.69, 9.17) is 13.6 Å². The molecule has 0 radical (unpaired) electrons. The maximum absolute atomic E-state index is 12.8. The zero-order valence-electron chi connectivity index (χ0n) is 14.1. The summed E-state index contributed by atoms with van der Waals surface area (Å²) < 4.78 is 29.8. The highest BCUT2D eigenvalue weighted by atomic mass is 31.2. The molecule has 0 aromatic rings. The summed E-state index contributed by atoms with van der Waals surface area (Å²) in [7, 11) is -3.48. The van der Waals surface area contributed by atoms with Gasteiger partial charge in [0.2, 0.25) is 0 Å². The molecule has 5 heteroatoms. The van der Waals surface area contributed by atoms with Crippen LogP contribution in [0.1, 0.15) is 80.1 Å². The second kappa shape index (κ2) is 10.8. The van der Waals surface area contributed by atoms with E-state index >= 15 is 0 Å². The molecule has 0 saturated heterocycles. The quantitative estimate of drug-likeness (QED) is 0.433. The number of hydrogen-bond donors (Lipinski definition) is 0. The second-order valence-electron chi connectivity index (χ2n) is 5.45.